The molecule has 100 valence electrons. The van der Waals surface area contributed by atoms with Crippen molar-refractivity contribution < 1.29 is 5.11 Å². The first kappa shape index (κ1) is 12.5. The number of aromatic hydroxyl groups is 1. The number of phenols is 1. The van der Waals surface area contributed by atoms with Gasteiger partial charge >= 0.3 is 0 Å². The van der Waals surface area contributed by atoms with Crippen LogP contribution in [0.15, 0.2) is 54.6 Å². The molecule has 3 nitrogen and oxygen atoms in total. The molecule has 0 aliphatic rings. The maximum Gasteiger partial charge on any atom is 0.125 e. The van der Waals surface area contributed by atoms with Crippen molar-refractivity contribution in [2.75, 3.05) is 0 Å². The number of para-hydroxylation sites is 1. The van der Waals surface area contributed by atoms with Crippen molar-refractivity contribution in [1.29, 1.82) is 0 Å². The summed E-state index contributed by atoms with van der Waals surface area (Å²) in [5.74, 6) is 0.266. The molecule has 1 N–H and O–H groups in total. The Kier molecular flexibility index (Phi) is 3.03. The fourth-order valence-electron chi connectivity index (χ4n) is 2.29. The first-order valence-corrected chi connectivity index (χ1v) is 6.57. The topological polar surface area (TPSA) is 38.0 Å². The number of phenolic OH excluding ortho intramolecular Hbond substituents is 1. The van der Waals surface area contributed by atoms with Gasteiger partial charge in [0.2, 0.25) is 0 Å². The van der Waals surface area contributed by atoms with Gasteiger partial charge in [-0.1, -0.05) is 24.3 Å². The second kappa shape index (κ2) is 4.85. The largest absolute Gasteiger partial charge is 0.507 e. The molecular weight excluding hydrogens is 248 g/mol. The van der Waals surface area contributed by atoms with E-state index >= 15 is 0 Å². The lowest BCUT2D eigenvalue weighted by atomic mass is 10.1. The maximum absolute atomic E-state index is 10.1. The molecule has 1 aromatic heterocycles. The van der Waals surface area contributed by atoms with E-state index in [0.29, 0.717) is 0 Å². The van der Waals surface area contributed by atoms with Crippen LogP contribution in [0.1, 0.15) is 11.3 Å². The van der Waals surface area contributed by atoms with Gasteiger partial charge in [0.15, 0.2) is 0 Å². The molecule has 2 aromatic carbocycles. The fraction of sp³-hybridized carbons (Fsp3) is 0.118. The highest BCUT2D eigenvalue weighted by molar-refractivity contribution is 5.67. The highest BCUT2D eigenvalue weighted by Gasteiger charge is 2.11. The lowest BCUT2D eigenvalue weighted by molar-refractivity contribution is 0.476. The summed E-state index contributed by atoms with van der Waals surface area (Å²) >= 11 is 0. The molecule has 0 fully saturated rings. The molecule has 3 rings (SSSR count). The van der Waals surface area contributed by atoms with Crippen molar-refractivity contribution >= 4 is 0 Å². The molecule has 0 aliphatic heterocycles. The molecule has 0 bridgehead atoms. The van der Waals surface area contributed by atoms with Crippen LogP contribution in [0.5, 0.6) is 5.75 Å². The maximum atomic E-state index is 10.1. The molecule has 0 radical (unpaired) electrons. The van der Waals surface area contributed by atoms with Gasteiger partial charge in [-0.2, -0.15) is 5.10 Å². The molecule has 0 amide bonds. The van der Waals surface area contributed by atoms with Crippen LogP contribution in [0.3, 0.4) is 0 Å². The predicted molar refractivity (Wildman–Crippen MR) is 80.1 cm³/mol. The highest BCUT2D eigenvalue weighted by atomic mass is 16.3. The summed E-state index contributed by atoms with van der Waals surface area (Å²) in [5.41, 5.74) is 4.62. The van der Waals surface area contributed by atoms with Crippen molar-refractivity contribution in [2.45, 2.75) is 13.8 Å². The van der Waals surface area contributed by atoms with Gasteiger partial charge in [0.05, 0.1) is 11.4 Å². The van der Waals surface area contributed by atoms with Crippen LogP contribution in [0.4, 0.5) is 0 Å². The van der Waals surface area contributed by atoms with Crippen molar-refractivity contribution in [3.05, 3.63) is 65.9 Å². The Morgan fingerprint density at radius 3 is 2.40 bits per heavy atom. The van der Waals surface area contributed by atoms with E-state index in [4.69, 9.17) is 0 Å². The van der Waals surface area contributed by atoms with E-state index in [1.807, 2.05) is 67.1 Å². The van der Waals surface area contributed by atoms with Gasteiger partial charge in [0.1, 0.15) is 5.75 Å². The normalized spacial score (nSPS) is 10.7. The van der Waals surface area contributed by atoms with Crippen molar-refractivity contribution in [3.63, 3.8) is 0 Å². The zero-order valence-corrected chi connectivity index (χ0v) is 11.5. The fourth-order valence-corrected chi connectivity index (χ4v) is 2.29. The van der Waals surface area contributed by atoms with Crippen LogP contribution >= 0.6 is 0 Å². The average Bonchev–Trinajstić information content (AvgIpc) is 2.81. The minimum Gasteiger partial charge on any atom is -0.507 e. The molecule has 3 heteroatoms. The number of hydrogen-bond donors (Lipinski definition) is 1. The molecule has 0 saturated heterocycles. The third kappa shape index (κ3) is 2.18. The predicted octanol–water partition coefficient (Wildman–Crippen LogP) is 3.86. The van der Waals surface area contributed by atoms with Gasteiger partial charge in [-0.05, 0) is 49.7 Å². The van der Waals surface area contributed by atoms with Gasteiger partial charge in [0, 0.05) is 11.3 Å². The molecule has 3 aromatic rings. The van der Waals surface area contributed by atoms with E-state index < -0.39 is 0 Å². The first-order chi connectivity index (χ1) is 9.65. The van der Waals surface area contributed by atoms with Crippen molar-refractivity contribution in [2.24, 2.45) is 0 Å². The SMILES string of the molecule is Cc1ccc(-c2cc(C)n(-c3ccccc3)n2)c(O)c1. The van der Waals surface area contributed by atoms with Gasteiger partial charge in [-0.15, -0.1) is 0 Å². The Hall–Kier alpha value is -2.55. The minimum atomic E-state index is 0.266. The Bertz CT molecular complexity index is 745. The van der Waals surface area contributed by atoms with Crippen LogP contribution in [0.25, 0.3) is 16.9 Å². The number of aryl methyl sites for hydroxylation is 2. The third-order valence-corrected chi connectivity index (χ3v) is 3.32. The molecule has 0 saturated carbocycles. The molecular formula is C17H16N2O. The van der Waals surface area contributed by atoms with Crippen LogP contribution < -0.4 is 0 Å². The molecule has 0 aliphatic carbocycles. The summed E-state index contributed by atoms with van der Waals surface area (Å²) in [6.07, 6.45) is 0. The van der Waals surface area contributed by atoms with Gasteiger partial charge in [0.25, 0.3) is 0 Å². The van der Waals surface area contributed by atoms with Crippen molar-refractivity contribution in [3.8, 4) is 22.7 Å². The third-order valence-electron chi connectivity index (χ3n) is 3.32. The van der Waals surface area contributed by atoms with Crippen LogP contribution in [-0.2, 0) is 0 Å². The Morgan fingerprint density at radius 2 is 1.70 bits per heavy atom. The summed E-state index contributed by atoms with van der Waals surface area (Å²) in [6, 6.07) is 17.6. The van der Waals surface area contributed by atoms with Crippen LogP contribution in [0.2, 0.25) is 0 Å². The minimum absolute atomic E-state index is 0.266. The molecule has 0 atom stereocenters. The molecule has 1 heterocycles. The zero-order valence-electron chi connectivity index (χ0n) is 11.5. The summed E-state index contributed by atoms with van der Waals surface area (Å²) in [6.45, 7) is 3.96. The highest BCUT2D eigenvalue weighted by Crippen LogP contribution is 2.30. The quantitative estimate of drug-likeness (QED) is 0.763. The molecule has 0 unspecified atom stereocenters. The molecule has 20 heavy (non-hydrogen) atoms. The summed E-state index contributed by atoms with van der Waals surface area (Å²) < 4.78 is 1.88. The molecule has 0 spiro atoms. The Balaban J connectivity index is 2.09. The monoisotopic (exact) mass is 264 g/mol. The van der Waals surface area contributed by atoms with E-state index in [1.165, 1.54) is 0 Å². The summed E-state index contributed by atoms with van der Waals surface area (Å²) in [4.78, 5) is 0. The zero-order chi connectivity index (χ0) is 14.1. The number of rotatable bonds is 2. The number of benzene rings is 2. The van der Waals surface area contributed by atoms with Gasteiger partial charge in [-0.3, -0.25) is 0 Å². The smallest absolute Gasteiger partial charge is 0.125 e. The van der Waals surface area contributed by atoms with Gasteiger partial charge in [-0.25, -0.2) is 4.68 Å². The second-order valence-corrected chi connectivity index (χ2v) is 4.94. The van der Waals surface area contributed by atoms with E-state index in [2.05, 4.69) is 5.10 Å². The van der Waals surface area contributed by atoms with E-state index in [0.717, 1.165) is 28.2 Å². The Morgan fingerprint density at radius 1 is 0.950 bits per heavy atom. The first-order valence-electron chi connectivity index (χ1n) is 6.57. The number of nitrogens with zero attached hydrogens (tertiary/aromatic N) is 2. The second-order valence-electron chi connectivity index (χ2n) is 4.94. The van der Waals surface area contributed by atoms with Crippen LogP contribution in [-0.4, -0.2) is 14.9 Å². The number of hydrogen-bond acceptors (Lipinski definition) is 2. The summed E-state index contributed by atoms with van der Waals surface area (Å²) in [5, 5.41) is 14.7. The lowest BCUT2D eigenvalue weighted by Gasteiger charge is -2.04. The van der Waals surface area contributed by atoms with E-state index in [9.17, 15) is 5.11 Å². The Labute approximate surface area is 118 Å². The van der Waals surface area contributed by atoms with E-state index in [-0.39, 0.29) is 5.75 Å². The van der Waals surface area contributed by atoms with Crippen molar-refractivity contribution in [1.82, 2.24) is 9.78 Å². The van der Waals surface area contributed by atoms with Gasteiger partial charge < -0.3 is 5.11 Å². The standard InChI is InChI=1S/C17H16N2O/c1-12-8-9-15(17(20)10-12)16-11-13(2)19(18-16)14-6-4-3-5-7-14/h3-11,20H,1-2H3. The average molecular weight is 264 g/mol. The lowest BCUT2D eigenvalue weighted by Crippen LogP contribution is -1.98. The summed E-state index contributed by atoms with van der Waals surface area (Å²) in [7, 11) is 0. The van der Waals surface area contributed by atoms with E-state index in [1.54, 1.807) is 6.07 Å². The number of aromatic nitrogens is 2. The van der Waals surface area contributed by atoms with Crippen LogP contribution in [0, 0.1) is 13.8 Å².